The van der Waals surface area contributed by atoms with E-state index in [-0.39, 0.29) is 7.43 Å². The van der Waals surface area contributed by atoms with Crippen LogP contribution in [0.4, 0.5) is 0 Å². The number of hydrogen-bond acceptors (Lipinski definition) is 2. The molecule has 0 aliphatic heterocycles. The van der Waals surface area contributed by atoms with E-state index >= 15 is 0 Å². The summed E-state index contributed by atoms with van der Waals surface area (Å²) in [5.41, 5.74) is 1.39. The number of allylic oxidation sites excluding steroid dienone is 4. The lowest BCUT2D eigenvalue weighted by Crippen LogP contribution is -2.01. The van der Waals surface area contributed by atoms with Crippen LogP contribution in [0.3, 0.4) is 0 Å². The summed E-state index contributed by atoms with van der Waals surface area (Å²) in [6.07, 6.45) is 5.96. The molecule has 0 fully saturated rings. The molecule has 0 saturated carbocycles. The quantitative estimate of drug-likeness (QED) is 0.568. The van der Waals surface area contributed by atoms with Crippen LogP contribution in [0.1, 0.15) is 27.2 Å². The number of hydrogen-bond donors (Lipinski definition) is 1. The van der Waals surface area contributed by atoms with E-state index in [1.54, 1.807) is 0 Å². The zero-order valence-electron chi connectivity index (χ0n) is 5.55. The molecule has 1 aliphatic rings. The Bertz CT molecular complexity index is 159. The third kappa shape index (κ3) is 2.23. The van der Waals surface area contributed by atoms with Crippen molar-refractivity contribution in [1.29, 1.82) is 0 Å². The van der Waals surface area contributed by atoms with Gasteiger partial charge in [-0.2, -0.15) is 5.90 Å². The molecule has 0 bridgehead atoms. The summed E-state index contributed by atoms with van der Waals surface area (Å²) < 4.78 is 0. The van der Waals surface area contributed by atoms with Gasteiger partial charge in [-0.15, -0.1) is 0 Å². The lowest BCUT2D eigenvalue weighted by atomic mass is 10.1. The first kappa shape index (κ1) is 9.24. The van der Waals surface area contributed by atoms with Crippen LogP contribution >= 0.6 is 0 Å². The Morgan fingerprint density at radius 2 is 2.10 bits per heavy atom. The van der Waals surface area contributed by atoms with Crippen molar-refractivity contribution in [2.45, 2.75) is 27.2 Å². The van der Waals surface area contributed by atoms with Crippen molar-refractivity contribution in [1.82, 2.24) is 0 Å². The van der Waals surface area contributed by atoms with Crippen LogP contribution in [-0.2, 0) is 4.84 Å². The van der Waals surface area contributed by atoms with Crippen LogP contribution in [-0.4, -0.2) is 0 Å². The molecule has 0 aromatic rings. The molecule has 0 heterocycles. The minimum Gasteiger partial charge on any atom is -0.416 e. The Morgan fingerprint density at radius 1 is 1.40 bits per heavy atom. The van der Waals surface area contributed by atoms with E-state index in [1.807, 2.05) is 12.2 Å². The summed E-state index contributed by atoms with van der Waals surface area (Å²) in [6, 6.07) is 0. The first-order valence-corrected chi connectivity index (χ1v) is 3.06. The summed E-state index contributed by atoms with van der Waals surface area (Å²) in [7, 11) is 0. The van der Waals surface area contributed by atoms with E-state index in [2.05, 4.69) is 11.8 Å². The normalized spacial score (nSPS) is 16.6. The fourth-order valence-corrected chi connectivity index (χ4v) is 0.820. The minimum atomic E-state index is 0. The SMILES string of the molecule is C.CC1=CC=C(ON)CC1. The molecule has 0 spiro atoms. The van der Waals surface area contributed by atoms with Crippen LogP contribution in [0.2, 0.25) is 0 Å². The molecule has 58 valence electrons. The van der Waals surface area contributed by atoms with E-state index < -0.39 is 0 Å². The van der Waals surface area contributed by atoms with Crippen LogP contribution in [0, 0.1) is 0 Å². The molecular formula is C8H15NO. The molecule has 0 aromatic carbocycles. The van der Waals surface area contributed by atoms with Gasteiger partial charge >= 0.3 is 0 Å². The summed E-state index contributed by atoms with van der Waals surface area (Å²) in [5, 5.41) is 0. The zero-order valence-corrected chi connectivity index (χ0v) is 5.55. The fourth-order valence-electron chi connectivity index (χ4n) is 0.820. The van der Waals surface area contributed by atoms with Crippen molar-refractivity contribution in [2.75, 3.05) is 0 Å². The third-order valence-electron chi connectivity index (χ3n) is 1.47. The Morgan fingerprint density at radius 3 is 2.50 bits per heavy atom. The predicted octanol–water partition coefficient (Wildman–Crippen LogP) is 2.14. The highest BCUT2D eigenvalue weighted by molar-refractivity contribution is 5.18. The van der Waals surface area contributed by atoms with Crippen molar-refractivity contribution in [3.63, 3.8) is 0 Å². The van der Waals surface area contributed by atoms with Crippen molar-refractivity contribution in [3.8, 4) is 0 Å². The summed E-state index contributed by atoms with van der Waals surface area (Å²) in [6.45, 7) is 2.10. The highest BCUT2D eigenvalue weighted by Gasteiger charge is 2.01. The van der Waals surface area contributed by atoms with Gasteiger partial charge in [0.15, 0.2) is 0 Å². The van der Waals surface area contributed by atoms with Gasteiger partial charge in [-0.25, -0.2) is 0 Å². The molecule has 0 amide bonds. The van der Waals surface area contributed by atoms with Crippen LogP contribution in [0.25, 0.3) is 0 Å². The van der Waals surface area contributed by atoms with E-state index in [4.69, 9.17) is 5.90 Å². The van der Waals surface area contributed by atoms with Crippen molar-refractivity contribution in [3.05, 3.63) is 23.5 Å². The largest absolute Gasteiger partial charge is 0.416 e. The van der Waals surface area contributed by atoms with E-state index in [0.717, 1.165) is 18.6 Å². The topological polar surface area (TPSA) is 35.2 Å². The molecule has 2 N–H and O–H groups in total. The van der Waals surface area contributed by atoms with Crippen LogP contribution < -0.4 is 5.90 Å². The number of rotatable bonds is 1. The Labute approximate surface area is 62.3 Å². The molecule has 10 heavy (non-hydrogen) atoms. The average molecular weight is 141 g/mol. The molecule has 2 heteroatoms. The molecule has 0 atom stereocenters. The van der Waals surface area contributed by atoms with E-state index in [9.17, 15) is 0 Å². The van der Waals surface area contributed by atoms with Gasteiger partial charge in [0.2, 0.25) is 0 Å². The number of nitrogens with two attached hydrogens (primary N) is 1. The van der Waals surface area contributed by atoms with Gasteiger partial charge < -0.3 is 4.84 Å². The maximum absolute atomic E-state index is 4.95. The van der Waals surface area contributed by atoms with Gasteiger partial charge in [-0.05, 0) is 19.4 Å². The van der Waals surface area contributed by atoms with Crippen LogP contribution in [0.5, 0.6) is 0 Å². The first-order valence-electron chi connectivity index (χ1n) is 3.06. The molecule has 1 rings (SSSR count). The van der Waals surface area contributed by atoms with Gasteiger partial charge in [0.25, 0.3) is 0 Å². The van der Waals surface area contributed by atoms with Crippen molar-refractivity contribution >= 4 is 0 Å². The first-order chi connectivity index (χ1) is 4.33. The second kappa shape index (κ2) is 4.12. The van der Waals surface area contributed by atoms with Gasteiger partial charge in [0.1, 0.15) is 5.76 Å². The predicted molar refractivity (Wildman–Crippen MR) is 43.1 cm³/mol. The average Bonchev–Trinajstić information content (AvgIpc) is 1.90. The van der Waals surface area contributed by atoms with E-state index in [1.165, 1.54) is 5.57 Å². The maximum Gasteiger partial charge on any atom is 0.124 e. The zero-order chi connectivity index (χ0) is 6.69. The Kier molecular flexibility index (Phi) is 3.81. The molecule has 0 radical (unpaired) electrons. The van der Waals surface area contributed by atoms with Crippen molar-refractivity contribution in [2.24, 2.45) is 5.90 Å². The minimum absolute atomic E-state index is 0. The Hall–Kier alpha value is -0.760. The van der Waals surface area contributed by atoms with Gasteiger partial charge in [0, 0.05) is 6.42 Å². The summed E-state index contributed by atoms with van der Waals surface area (Å²) in [4.78, 5) is 4.56. The molecule has 0 aromatic heterocycles. The highest BCUT2D eigenvalue weighted by atomic mass is 16.6. The van der Waals surface area contributed by atoms with Gasteiger partial charge in [-0.1, -0.05) is 19.1 Å². The lowest BCUT2D eigenvalue weighted by Gasteiger charge is -2.08. The molecule has 1 aliphatic carbocycles. The van der Waals surface area contributed by atoms with Crippen molar-refractivity contribution < 1.29 is 4.84 Å². The highest BCUT2D eigenvalue weighted by Crippen LogP contribution is 2.16. The smallest absolute Gasteiger partial charge is 0.124 e. The monoisotopic (exact) mass is 141 g/mol. The summed E-state index contributed by atoms with van der Waals surface area (Å²) in [5.74, 6) is 5.83. The summed E-state index contributed by atoms with van der Waals surface area (Å²) >= 11 is 0. The van der Waals surface area contributed by atoms with Gasteiger partial charge in [-0.3, -0.25) is 0 Å². The Balaban J connectivity index is 0.000000810. The lowest BCUT2D eigenvalue weighted by molar-refractivity contribution is 0.208. The standard InChI is InChI=1S/C7H11NO.CH4/c1-6-2-4-7(9-8)5-3-6;/h2,4H,3,5,8H2,1H3;1H4. The van der Waals surface area contributed by atoms with E-state index in [0.29, 0.717) is 0 Å². The van der Waals surface area contributed by atoms with Gasteiger partial charge in [0.05, 0.1) is 0 Å². The second-order valence-corrected chi connectivity index (χ2v) is 2.26. The fraction of sp³-hybridized carbons (Fsp3) is 0.500. The van der Waals surface area contributed by atoms with Crippen LogP contribution in [0.15, 0.2) is 23.5 Å². The maximum atomic E-state index is 4.95. The molecular weight excluding hydrogens is 126 g/mol. The molecule has 2 nitrogen and oxygen atoms in total. The third-order valence-corrected chi connectivity index (χ3v) is 1.47. The second-order valence-electron chi connectivity index (χ2n) is 2.26. The molecule has 0 saturated heterocycles. The molecule has 0 unspecified atom stereocenters.